The van der Waals surface area contributed by atoms with Gasteiger partial charge in [0.1, 0.15) is 11.5 Å². The number of nitrogens with two attached hydrogens (primary N) is 1. The SMILES string of the molecule is COC[C@H]1C[C@]2(c3cc(NC(=O)c4ccc(C(F)F)cn4)ccc3F)N=C(N)SC[C@@H]2CO1. The van der Waals surface area contributed by atoms with Crippen LogP contribution in [-0.4, -0.2) is 48.2 Å². The molecule has 3 heterocycles. The number of hydrogen-bond donors (Lipinski definition) is 2. The monoisotopic (exact) mass is 480 g/mol. The second-order valence-electron chi connectivity index (χ2n) is 7.92. The number of aromatic nitrogens is 1. The highest BCUT2D eigenvalue weighted by Gasteiger charge is 2.49. The summed E-state index contributed by atoms with van der Waals surface area (Å²) in [5.41, 5.74) is 5.40. The number of nitrogens with zero attached hydrogens (tertiary/aromatic N) is 2. The summed E-state index contributed by atoms with van der Waals surface area (Å²) in [5, 5.41) is 3.02. The second-order valence-corrected chi connectivity index (χ2v) is 8.96. The molecule has 0 radical (unpaired) electrons. The van der Waals surface area contributed by atoms with Crippen molar-refractivity contribution in [1.82, 2.24) is 4.98 Å². The fraction of sp³-hybridized carbons (Fsp3) is 0.409. The van der Waals surface area contributed by atoms with Crippen molar-refractivity contribution in [2.24, 2.45) is 16.6 Å². The third-order valence-electron chi connectivity index (χ3n) is 5.80. The topological polar surface area (TPSA) is 98.8 Å². The van der Waals surface area contributed by atoms with E-state index in [0.29, 0.717) is 41.8 Å². The van der Waals surface area contributed by atoms with E-state index in [4.69, 9.17) is 15.2 Å². The molecule has 0 spiro atoms. The van der Waals surface area contributed by atoms with Crippen molar-refractivity contribution in [1.29, 1.82) is 0 Å². The van der Waals surface area contributed by atoms with Gasteiger partial charge in [-0.1, -0.05) is 11.8 Å². The van der Waals surface area contributed by atoms with Crippen LogP contribution in [0.3, 0.4) is 0 Å². The summed E-state index contributed by atoms with van der Waals surface area (Å²) in [6.45, 7) is 0.698. The van der Waals surface area contributed by atoms with E-state index < -0.39 is 23.7 Å². The van der Waals surface area contributed by atoms with Gasteiger partial charge in [-0.3, -0.25) is 14.8 Å². The molecule has 2 aliphatic heterocycles. The minimum absolute atomic E-state index is 0.0381. The molecule has 1 saturated heterocycles. The number of amidine groups is 1. The van der Waals surface area contributed by atoms with Gasteiger partial charge >= 0.3 is 0 Å². The van der Waals surface area contributed by atoms with Gasteiger partial charge in [0, 0.05) is 48.2 Å². The van der Waals surface area contributed by atoms with Gasteiger partial charge in [0.2, 0.25) is 0 Å². The molecule has 1 aromatic heterocycles. The van der Waals surface area contributed by atoms with Crippen molar-refractivity contribution >= 4 is 28.5 Å². The lowest BCUT2D eigenvalue weighted by Gasteiger charge is -2.46. The van der Waals surface area contributed by atoms with Gasteiger partial charge in [0.05, 0.1) is 24.9 Å². The molecule has 2 aromatic rings. The van der Waals surface area contributed by atoms with Crippen LogP contribution in [0.5, 0.6) is 0 Å². The predicted octanol–water partition coefficient (Wildman–Crippen LogP) is 3.72. The summed E-state index contributed by atoms with van der Waals surface area (Å²) in [7, 11) is 1.56. The minimum atomic E-state index is -2.68. The zero-order valence-corrected chi connectivity index (χ0v) is 18.6. The number of pyridine rings is 1. The number of fused-ring (bicyclic) bond motifs is 1. The van der Waals surface area contributed by atoms with Gasteiger partial charge in [-0.25, -0.2) is 13.2 Å². The molecule has 3 N–H and O–H groups in total. The Morgan fingerprint density at radius 2 is 2.21 bits per heavy atom. The normalized spacial score (nSPS) is 24.8. The summed E-state index contributed by atoms with van der Waals surface area (Å²) in [4.78, 5) is 21.1. The molecular formula is C22H23F3N4O3S. The van der Waals surface area contributed by atoms with Crippen molar-refractivity contribution < 1.29 is 27.4 Å². The molecule has 11 heteroatoms. The van der Waals surface area contributed by atoms with E-state index in [0.717, 1.165) is 12.3 Å². The van der Waals surface area contributed by atoms with Crippen LogP contribution >= 0.6 is 11.8 Å². The molecule has 1 fully saturated rings. The van der Waals surface area contributed by atoms with Crippen LogP contribution in [0.4, 0.5) is 18.9 Å². The number of anilines is 1. The lowest BCUT2D eigenvalue weighted by atomic mass is 9.73. The average molecular weight is 481 g/mol. The molecule has 0 unspecified atom stereocenters. The number of nitrogens with one attached hydrogen (secondary N) is 1. The first-order chi connectivity index (χ1) is 15.8. The lowest BCUT2D eigenvalue weighted by Crippen LogP contribution is -2.50. The number of ether oxygens (including phenoxy) is 2. The fourth-order valence-corrected chi connectivity index (χ4v) is 5.15. The number of thioether (sulfide) groups is 1. The Labute approximate surface area is 193 Å². The first kappa shape index (κ1) is 23.5. The number of methoxy groups -OCH3 is 1. The zero-order chi connectivity index (χ0) is 23.6. The largest absolute Gasteiger partial charge is 0.382 e. The zero-order valence-electron chi connectivity index (χ0n) is 17.8. The van der Waals surface area contributed by atoms with Crippen LogP contribution in [0.25, 0.3) is 0 Å². The van der Waals surface area contributed by atoms with E-state index in [1.807, 2.05) is 0 Å². The number of amides is 1. The maximum Gasteiger partial charge on any atom is 0.274 e. The highest BCUT2D eigenvalue weighted by Crippen LogP contribution is 2.48. The Balaban J connectivity index is 1.65. The molecule has 2 aliphatic rings. The van der Waals surface area contributed by atoms with Crippen molar-refractivity contribution in [3.63, 3.8) is 0 Å². The molecule has 176 valence electrons. The Hall–Kier alpha value is -2.63. The van der Waals surface area contributed by atoms with Crippen molar-refractivity contribution in [3.8, 4) is 0 Å². The standard InChI is InChI=1S/C22H23F3N4O3S/c1-31-10-15-7-22(13(9-32-15)11-33-21(26)29-22)16-6-14(3-4-17(16)23)28-20(30)18-5-2-12(8-27-18)19(24)25/h2-6,8,13,15,19H,7,9-11H2,1H3,(H2,26,29)(H,28,30)/t13-,15+,22-/m0/s1. The molecule has 1 amide bonds. The molecule has 33 heavy (non-hydrogen) atoms. The predicted molar refractivity (Wildman–Crippen MR) is 119 cm³/mol. The minimum Gasteiger partial charge on any atom is -0.382 e. The number of rotatable bonds is 6. The van der Waals surface area contributed by atoms with Gasteiger partial charge in [0.25, 0.3) is 12.3 Å². The quantitative estimate of drug-likeness (QED) is 0.654. The molecule has 1 aromatic carbocycles. The van der Waals surface area contributed by atoms with E-state index in [-0.39, 0.29) is 23.3 Å². The van der Waals surface area contributed by atoms with Gasteiger partial charge in [-0.2, -0.15) is 0 Å². The second kappa shape index (κ2) is 9.70. The number of alkyl halides is 2. The number of hydrogen-bond acceptors (Lipinski definition) is 7. The van der Waals surface area contributed by atoms with E-state index >= 15 is 4.39 Å². The van der Waals surface area contributed by atoms with E-state index in [1.165, 1.54) is 36.0 Å². The summed E-state index contributed by atoms with van der Waals surface area (Å²) in [6.07, 6.45) is -1.64. The van der Waals surface area contributed by atoms with Crippen molar-refractivity contribution in [2.75, 3.05) is 31.4 Å². The Kier molecular flexibility index (Phi) is 6.91. The van der Waals surface area contributed by atoms with E-state index in [9.17, 15) is 13.6 Å². The molecule has 0 bridgehead atoms. The van der Waals surface area contributed by atoms with Crippen LogP contribution in [0.15, 0.2) is 41.5 Å². The molecule has 3 atom stereocenters. The third-order valence-corrected chi connectivity index (χ3v) is 6.76. The first-order valence-corrected chi connectivity index (χ1v) is 11.2. The van der Waals surface area contributed by atoms with Crippen LogP contribution in [0, 0.1) is 11.7 Å². The lowest BCUT2D eigenvalue weighted by molar-refractivity contribution is -0.0812. The summed E-state index contributed by atoms with van der Waals surface area (Å²) in [5.74, 6) is -0.578. The highest BCUT2D eigenvalue weighted by molar-refractivity contribution is 8.13. The number of benzene rings is 1. The van der Waals surface area contributed by atoms with E-state index in [2.05, 4.69) is 15.3 Å². The van der Waals surface area contributed by atoms with Crippen LogP contribution < -0.4 is 11.1 Å². The Morgan fingerprint density at radius 1 is 1.39 bits per heavy atom. The summed E-state index contributed by atoms with van der Waals surface area (Å²) >= 11 is 1.40. The molecule has 0 aliphatic carbocycles. The Bertz CT molecular complexity index is 1050. The van der Waals surface area contributed by atoms with Gasteiger partial charge in [-0.05, 0) is 30.3 Å². The van der Waals surface area contributed by atoms with E-state index in [1.54, 1.807) is 7.11 Å². The molecule has 7 nitrogen and oxygen atoms in total. The molecule has 0 saturated carbocycles. The number of carbonyl (C=O) groups excluding carboxylic acids is 1. The summed E-state index contributed by atoms with van der Waals surface area (Å²) < 4.78 is 51.7. The number of aliphatic imine (C=N–C) groups is 1. The van der Waals surface area contributed by atoms with Gasteiger partial charge in [0.15, 0.2) is 5.17 Å². The van der Waals surface area contributed by atoms with Gasteiger partial charge in [-0.15, -0.1) is 0 Å². The first-order valence-electron chi connectivity index (χ1n) is 10.3. The Morgan fingerprint density at radius 3 is 2.91 bits per heavy atom. The smallest absolute Gasteiger partial charge is 0.274 e. The van der Waals surface area contributed by atoms with Crippen LogP contribution in [-0.2, 0) is 15.0 Å². The molecular weight excluding hydrogens is 457 g/mol. The highest BCUT2D eigenvalue weighted by atomic mass is 32.2. The van der Waals surface area contributed by atoms with Crippen LogP contribution in [0.1, 0.15) is 34.5 Å². The van der Waals surface area contributed by atoms with Crippen molar-refractivity contribution in [3.05, 3.63) is 59.2 Å². The molecule has 4 rings (SSSR count). The fourth-order valence-electron chi connectivity index (χ4n) is 4.18. The maximum absolute atomic E-state index is 15.2. The summed E-state index contributed by atoms with van der Waals surface area (Å²) in [6, 6.07) is 6.58. The third kappa shape index (κ3) is 4.85. The van der Waals surface area contributed by atoms with Crippen LogP contribution in [0.2, 0.25) is 0 Å². The number of halogens is 3. The maximum atomic E-state index is 15.2. The average Bonchev–Trinajstić information content (AvgIpc) is 2.80. The van der Waals surface area contributed by atoms with Gasteiger partial charge < -0.3 is 20.5 Å². The van der Waals surface area contributed by atoms with Crippen molar-refractivity contribution in [2.45, 2.75) is 24.5 Å². The number of carbonyl (C=O) groups is 1.